The first kappa shape index (κ1) is 21.4. The molecule has 29 heavy (non-hydrogen) atoms. The van der Waals surface area contributed by atoms with Gasteiger partial charge in [0, 0.05) is 18.7 Å². The van der Waals surface area contributed by atoms with E-state index >= 15 is 0 Å². The predicted octanol–water partition coefficient (Wildman–Crippen LogP) is 0.842. The standard InChI is InChI=1S/C21H28FN3O4/c22-16-5-3-4-15(12-16)21(28)24-18-7-6-17(29-19(18)14-26)13-20(27)23-8-11-25-9-1-2-10-25/h3-7,12,17-19,26H,1-2,8-11,13-14H2,(H,23,27)(H,24,28)/t17-,18-,19-/m0/s1. The van der Waals surface area contributed by atoms with Gasteiger partial charge in [-0.3, -0.25) is 9.59 Å². The summed E-state index contributed by atoms with van der Waals surface area (Å²) in [7, 11) is 0. The lowest BCUT2D eigenvalue weighted by Crippen LogP contribution is -2.49. The number of carbonyl (C=O) groups is 2. The topological polar surface area (TPSA) is 90.9 Å². The number of carbonyl (C=O) groups excluding carboxylic acids is 2. The van der Waals surface area contributed by atoms with Crippen molar-refractivity contribution >= 4 is 11.8 Å². The molecule has 0 spiro atoms. The van der Waals surface area contributed by atoms with Gasteiger partial charge in [0.15, 0.2) is 0 Å². The van der Waals surface area contributed by atoms with Crippen molar-refractivity contribution in [3.05, 3.63) is 47.8 Å². The zero-order valence-corrected chi connectivity index (χ0v) is 16.4. The van der Waals surface area contributed by atoms with Crippen molar-refractivity contribution in [1.82, 2.24) is 15.5 Å². The van der Waals surface area contributed by atoms with E-state index in [-0.39, 0.29) is 24.5 Å². The zero-order chi connectivity index (χ0) is 20.6. The molecule has 2 aliphatic rings. The van der Waals surface area contributed by atoms with Crippen LogP contribution in [0, 0.1) is 5.82 Å². The third-order valence-corrected chi connectivity index (χ3v) is 5.18. The number of amides is 2. The Hall–Kier alpha value is -2.29. The van der Waals surface area contributed by atoms with E-state index in [0.29, 0.717) is 6.54 Å². The average Bonchev–Trinajstić information content (AvgIpc) is 3.22. The largest absolute Gasteiger partial charge is 0.394 e. The van der Waals surface area contributed by atoms with Crippen molar-refractivity contribution in [3.63, 3.8) is 0 Å². The molecular weight excluding hydrogens is 377 g/mol. The maximum Gasteiger partial charge on any atom is 0.251 e. The second kappa shape index (κ2) is 10.5. The minimum absolute atomic E-state index is 0.113. The number of hydrogen-bond acceptors (Lipinski definition) is 5. The summed E-state index contributed by atoms with van der Waals surface area (Å²) >= 11 is 0. The molecule has 0 radical (unpaired) electrons. The molecule has 3 atom stereocenters. The first-order valence-corrected chi connectivity index (χ1v) is 10.1. The van der Waals surface area contributed by atoms with Gasteiger partial charge in [-0.25, -0.2) is 4.39 Å². The number of nitrogens with one attached hydrogen (secondary N) is 2. The molecule has 0 bridgehead atoms. The molecular formula is C21H28FN3O4. The number of ether oxygens (including phenoxy) is 1. The van der Waals surface area contributed by atoms with Gasteiger partial charge in [-0.05, 0) is 44.1 Å². The highest BCUT2D eigenvalue weighted by Crippen LogP contribution is 2.16. The van der Waals surface area contributed by atoms with Crippen molar-refractivity contribution < 1.29 is 23.8 Å². The smallest absolute Gasteiger partial charge is 0.251 e. The van der Waals surface area contributed by atoms with E-state index in [1.807, 2.05) is 0 Å². The Morgan fingerprint density at radius 3 is 2.76 bits per heavy atom. The fourth-order valence-electron chi connectivity index (χ4n) is 3.61. The van der Waals surface area contributed by atoms with Crippen LogP contribution in [0.25, 0.3) is 0 Å². The molecule has 0 unspecified atom stereocenters. The fourth-order valence-corrected chi connectivity index (χ4v) is 3.61. The minimum atomic E-state index is -0.681. The summed E-state index contributed by atoms with van der Waals surface area (Å²) in [5, 5.41) is 15.2. The molecule has 158 valence electrons. The lowest BCUT2D eigenvalue weighted by atomic mass is 10.0. The van der Waals surface area contributed by atoms with E-state index in [4.69, 9.17) is 4.74 Å². The van der Waals surface area contributed by atoms with Crippen LogP contribution >= 0.6 is 0 Å². The molecule has 1 saturated heterocycles. The van der Waals surface area contributed by atoms with Gasteiger partial charge in [0.1, 0.15) is 11.9 Å². The van der Waals surface area contributed by atoms with Gasteiger partial charge in [-0.1, -0.05) is 18.2 Å². The van der Waals surface area contributed by atoms with Gasteiger partial charge in [0.2, 0.25) is 5.91 Å². The van der Waals surface area contributed by atoms with Crippen molar-refractivity contribution in [3.8, 4) is 0 Å². The highest BCUT2D eigenvalue weighted by Gasteiger charge is 2.29. The maximum atomic E-state index is 13.3. The Labute approximate surface area is 169 Å². The zero-order valence-electron chi connectivity index (χ0n) is 16.4. The molecule has 3 rings (SSSR count). The second-order valence-corrected chi connectivity index (χ2v) is 7.39. The number of rotatable bonds is 8. The van der Waals surface area contributed by atoms with Gasteiger partial charge in [-0.2, -0.15) is 0 Å². The molecule has 2 heterocycles. The van der Waals surface area contributed by atoms with Crippen LogP contribution in [0.3, 0.4) is 0 Å². The summed E-state index contributed by atoms with van der Waals surface area (Å²) in [6, 6.07) is 4.81. The number of aliphatic hydroxyl groups is 1. The van der Waals surface area contributed by atoms with Crippen LogP contribution in [-0.4, -0.2) is 72.9 Å². The average molecular weight is 405 g/mol. The third-order valence-electron chi connectivity index (χ3n) is 5.18. The molecule has 8 heteroatoms. The maximum absolute atomic E-state index is 13.3. The Balaban J connectivity index is 1.47. The van der Waals surface area contributed by atoms with Gasteiger partial charge in [0.05, 0.1) is 25.2 Å². The van der Waals surface area contributed by atoms with E-state index < -0.39 is 30.0 Å². The van der Waals surface area contributed by atoms with E-state index in [1.165, 1.54) is 31.0 Å². The van der Waals surface area contributed by atoms with Crippen LogP contribution in [0.5, 0.6) is 0 Å². The van der Waals surface area contributed by atoms with Gasteiger partial charge < -0.3 is 25.4 Å². The molecule has 1 aromatic carbocycles. The summed E-state index contributed by atoms with van der Waals surface area (Å²) in [6.45, 7) is 3.31. The van der Waals surface area contributed by atoms with Crippen LogP contribution < -0.4 is 10.6 Å². The summed E-state index contributed by atoms with van der Waals surface area (Å²) in [5.41, 5.74) is 0.189. The number of nitrogens with zero attached hydrogens (tertiary/aromatic N) is 1. The summed E-state index contributed by atoms with van der Waals surface area (Å²) in [5.74, 6) is -1.07. The quantitative estimate of drug-likeness (QED) is 0.558. The first-order chi connectivity index (χ1) is 14.0. The van der Waals surface area contributed by atoms with Gasteiger partial charge >= 0.3 is 0 Å². The lowest BCUT2D eigenvalue weighted by Gasteiger charge is -2.31. The van der Waals surface area contributed by atoms with Crippen LogP contribution in [0.1, 0.15) is 29.6 Å². The number of halogens is 1. The van der Waals surface area contributed by atoms with Crippen molar-refractivity contribution in [2.75, 3.05) is 32.8 Å². The first-order valence-electron chi connectivity index (χ1n) is 10.1. The van der Waals surface area contributed by atoms with Crippen molar-refractivity contribution in [2.45, 2.75) is 37.5 Å². The Morgan fingerprint density at radius 2 is 2.03 bits per heavy atom. The van der Waals surface area contributed by atoms with Crippen molar-refractivity contribution in [1.29, 1.82) is 0 Å². The van der Waals surface area contributed by atoms with Crippen LogP contribution in [0.2, 0.25) is 0 Å². The van der Waals surface area contributed by atoms with E-state index in [1.54, 1.807) is 12.2 Å². The third kappa shape index (κ3) is 6.35. The number of likely N-dealkylation sites (tertiary alicyclic amines) is 1. The molecule has 0 saturated carbocycles. The highest BCUT2D eigenvalue weighted by molar-refractivity contribution is 5.94. The van der Waals surface area contributed by atoms with E-state index in [0.717, 1.165) is 25.7 Å². The SMILES string of the molecule is O=C(C[C@@H]1C=C[C@H](NC(=O)c2cccc(F)c2)[C@H](CO)O1)NCCN1CCCC1. The van der Waals surface area contributed by atoms with Crippen molar-refractivity contribution in [2.24, 2.45) is 0 Å². The normalized spacial score (nSPS) is 24.4. The number of aliphatic hydroxyl groups excluding tert-OH is 1. The second-order valence-electron chi connectivity index (χ2n) is 7.39. The van der Waals surface area contributed by atoms with Crippen LogP contribution in [0.15, 0.2) is 36.4 Å². The van der Waals surface area contributed by atoms with E-state index in [9.17, 15) is 19.1 Å². The Kier molecular flexibility index (Phi) is 7.74. The monoisotopic (exact) mass is 405 g/mol. The molecule has 3 N–H and O–H groups in total. The molecule has 1 fully saturated rings. The Morgan fingerprint density at radius 1 is 1.24 bits per heavy atom. The molecule has 1 aromatic rings. The summed E-state index contributed by atoms with van der Waals surface area (Å²) in [4.78, 5) is 26.8. The highest BCUT2D eigenvalue weighted by atomic mass is 19.1. The fraction of sp³-hybridized carbons (Fsp3) is 0.524. The Bertz CT molecular complexity index is 736. The van der Waals surface area contributed by atoms with E-state index in [2.05, 4.69) is 15.5 Å². The van der Waals surface area contributed by atoms with Gasteiger partial charge in [-0.15, -0.1) is 0 Å². The number of hydrogen-bond donors (Lipinski definition) is 3. The molecule has 2 amide bonds. The lowest BCUT2D eigenvalue weighted by molar-refractivity contribution is -0.125. The number of benzene rings is 1. The molecule has 2 aliphatic heterocycles. The summed E-state index contributed by atoms with van der Waals surface area (Å²) < 4.78 is 19.1. The molecule has 0 aromatic heterocycles. The van der Waals surface area contributed by atoms with Gasteiger partial charge in [0.25, 0.3) is 5.91 Å². The minimum Gasteiger partial charge on any atom is -0.394 e. The molecule has 7 nitrogen and oxygen atoms in total. The van der Waals surface area contributed by atoms with Crippen LogP contribution in [-0.2, 0) is 9.53 Å². The summed E-state index contributed by atoms with van der Waals surface area (Å²) in [6.07, 6.45) is 4.85. The molecule has 0 aliphatic carbocycles. The predicted molar refractivity (Wildman–Crippen MR) is 106 cm³/mol. The van der Waals surface area contributed by atoms with Crippen LogP contribution in [0.4, 0.5) is 4.39 Å².